The van der Waals surface area contributed by atoms with E-state index in [-0.39, 0.29) is 5.41 Å². The normalized spacial score (nSPS) is 19.3. The van der Waals surface area contributed by atoms with Gasteiger partial charge in [0.05, 0.1) is 19.8 Å². The lowest BCUT2D eigenvalue weighted by molar-refractivity contribution is 0.0275. The molecule has 1 fully saturated rings. The van der Waals surface area contributed by atoms with Crippen molar-refractivity contribution in [3.05, 3.63) is 0 Å². The first-order valence-electron chi connectivity index (χ1n) is 8.68. The van der Waals surface area contributed by atoms with Gasteiger partial charge in [0.25, 0.3) is 0 Å². The molecule has 1 heterocycles. The second-order valence-electron chi connectivity index (χ2n) is 7.43. The van der Waals surface area contributed by atoms with Crippen LogP contribution in [0.5, 0.6) is 0 Å². The van der Waals surface area contributed by atoms with E-state index in [1.807, 2.05) is 0 Å². The van der Waals surface area contributed by atoms with E-state index in [1.165, 1.54) is 44.9 Å². The Morgan fingerprint density at radius 2 is 1.43 bits per heavy atom. The lowest BCUT2D eigenvalue weighted by Crippen LogP contribution is -2.28. The molecule has 21 heavy (non-hydrogen) atoms. The average Bonchev–Trinajstić information content (AvgIpc) is 2.42. The van der Waals surface area contributed by atoms with Crippen LogP contribution in [0.2, 0.25) is 0 Å². The van der Waals surface area contributed by atoms with E-state index in [0.717, 1.165) is 32.2 Å². The third kappa shape index (κ3) is 10.6. The minimum absolute atomic E-state index is 0.137. The van der Waals surface area contributed by atoms with Crippen molar-refractivity contribution in [2.24, 2.45) is 11.3 Å². The predicted octanol–water partition coefficient (Wildman–Crippen LogP) is 6.08. The largest absolute Gasteiger partial charge is 0.332 e. The van der Waals surface area contributed by atoms with Crippen LogP contribution in [-0.4, -0.2) is 19.8 Å². The van der Waals surface area contributed by atoms with Gasteiger partial charge in [-0.3, -0.25) is 0 Å². The van der Waals surface area contributed by atoms with Gasteiger partial charge in [0, 0.05) is 5.41 Å². The summed E-state index contributed by atoms with van der Waals surface area (Å²) in [5.74, 6) is 0.860. The Morgan fingerprint density at radius 3 is 2.00 bits per heavy atom. The first kappa shape index (κ1) is 19.4. The molecule has 0 saturated carbocycles. The molecule has 0 aromatic carbocycles. The van der Waals surface area contributed by atoms with Gasteiger partial charge < -0.3 is 13.6 Å². The van der Waals surface area contributed by atoms with E-state index >= 15 is 0 Å². The zero-order valence-corrected chi connectivity index (χ0v) is 15.4. The van der Waals surface area contributed by atoms with Crippen LogP contribution in [-0.2, 0) is 13.6 Å². The fraction of sp³-hybridized carbons (Fsp3) is 1.00. The zero-order valence-electron chi connectivity index (χ0n) is 14.5. The van der Waals surface area contributed by atoms with Crippen molar-refractivity contribution >= 4 is 8.60 Å². The molecule has 0 aliphatic carbocycles. The van der Waals surface area contributed by atoms with Crippen molar-refractivity contribution in [1.82, 2.24) is 0 Å². The molecule has 0 bridgehead atoms. The van der Waals surface area contributed by atoms with E-state index in [2.05, 4.69) is 27.7 Å². The summed E-state index contributed by atoms with van der Waals surface area (Å²) < 4.78 is 16.9. The smallest absolute Gasteiger partial charge is 0.312 e. The highest BCUT2D eigenvalue weighted by Crippen LogP contribution is 2.46. The molecule has 3 nitrogen and oxygen atoms in total. The fourth-order valence-corrected chi connectivity index (χ4v) is 3.70. The van der Waals surface area contributed by atoms with E-state index in [0.29, 0.717) is 0 Å². The van der Waals surface area contributed by atoms with Crippen molar-refractivity contribution in [1.29, 1.82) is 0 Å². The van der Waals surface area contributed by atoms with Gasteiger partial charge in [0.2, 0.25) is 0 Å². The first-order chi connectivity index (χ1) is 9.99. The Morgan fingerprint density at radius 1 is 0.905 bits per heavy atom. The van der Waals surface area contributed by atoms with E-state index in [4.69, 9.17) is 13.6 Å². The summed E-state index contributed by atoms with van der Waals surface area (Å²) >= 11 is 0. The molecule has 4 heteroatoms. The summed E-state index contributed by atoms with van der Waals surface area (Å²) in [5.41, 5.74) is 0.137. The van der Waals surface area contributed by atoms with Crippen molar-refractivity contribution in [2.75, 3.05) is 19.8 Å². The fourth-order valence-electron chi connectivity index (χ4n) is 2.29. The van der Waals surface area contributed by atoms with E-state index in [1.54, 1.807) is 0 Å². The van der Waals surface area contributed by atoms with Crippen LogP contribution < -0.4 is 0 Å². The molecule has 0 spiro atoms. The molecule has 0 N–H and O–H groups in total. The maximum Gasteiger partial charge on any atom is 0.332 e. The Kier molecular flexibility index (Phi) is 10.1. The molecule has 0 unspecified atom stereocenters. The molecule has 0 aromatic heterocycles. The Labute approximate surface area is 133 Å². The third-order valence-electron chi connectivity index (χ3n) is 3.74. The van der Waals surface area contributed by atoms with Gasteiger partial charge in [0.1, 0.15) is 0 Å². The van der Waals surface area contributed by atoms with Crippen molar-refractivity contribution in [2.45, 2.75) is 79.1 Å². The quantitative estimate of drug-likeness (QED) is 0.341. The Bertz CT molecular complexity index is 246. The topological polar surface area (TPSA) is 27.7 Å². The summed E-state index contributed by atoms with van der Waals surface area (Å²) in [4.78, 5) is 0. The number of hydrogen-bond acceptors (Lipinski definition) is 3. The van der Waals surface area contributed by atoms with Crippen molar-refractivity contribution in [3.63, 3.8) is 0 Å². The van der Waals surface area contributed by atoms with Gasteiger partial charge in [-0.1, -0.05) is 72.6 Å². The molecule has 0 radical (unpaired) electrons. The van der Waals surface area contributed by atoms with Crippen LogP contribution >= 0.6 is 8.60 Å². The highest BCUT2D eigenvalue weighted by atomic mass is 31.2. The zero-order chi connectivity index (χ0) is 15.6. The highest BCUT2D eigenvalue weighted by Gasteiger charge is 2.29. The third-order valence-corrected chi connectivity index (χ3v) is 4.82. The monoisotopic (exact) mass is 318 g/mol. The van der Waals surface area contributed by atoms with Gasteiger partial charge in [-0.25, -0.2) is 0 Å². The van der Waals surface area contributed by atoms with Crippen LogP contribution in [0, 0.1) is 11.3 Å². The molecule has 0 atom stereocenters. The van der Waals surface area contributed by atoms with E-state index in [9.17, 15) is 0 Å². The maximum atomic E-state index is 5.67. The second-order valence-corrected chi connectivity index (χ2v) is 8.65. The van der Waals surface area contributed by atoms with Crippen LogP contribution in [0.1, 0.15) is 79.1 Å². The van der Waals surface area contributed by atoms with Gasteiger partial charge >= 0.3 is 8.60 Å². The van der Waals surface area contributed by atoms with Gasteiger partial charge in [-0.15, -0.1) is 0 Å². The molecular weight excluding hydrogens is 283 g/mol. The average molecular weight is 318 g/mol. The highest BCUT2D eigenvalue weighted by molar-refractivity contribution is 7.41. The molecular formula is C17H35O3P. The molecule has 1 rings (SSSR count). The molecule has 0 aromatic rings. The van der Waals surface area contributed by atoms with E-state index < -0.39 is 8.60 Å². The van der Waals surface area contributed by atoms with Crippen LogP contribution in [0.4, 0.5) is 0 Å². The standard InChI is InChI=1S/C17H35O3P/c1-16(2)12-10-8-6-5-7-9-11-13-18-21-19-14-17(3,4)15-20-21/h16H,5-15H2,1-4H3. The summed E-state index contributed by atoms with van der Waals surface area (Å²) in [6, 6.07) is 0. The van der Waals surface area contributed by atoms with Gasteiger partial charge in [0.15, 0.2) is 0 Å². The van der Waals surface area contributed by atoms with Crippen LogP contribution in [0.25, 0.3) is 0 Å². The molecule has 0 amide bonds. The molecule has 1 aliphatic heterocycles. The lowest BCUT2D eigenvalue weighted by atomic mass is 9.97. The summed E-state index contributed by atoms with van der Waals surface area (Å²) in [7, 11) is -1.07. The van der Waals surface area contributed by atoms with Crippen molar-refractivity contribution in [3.8, 4) is 0 Å². The first-order valence-corrected chi connectivity index (χ1v) is 9.78. The molecule has 1 saturated heterocycles. The van der Waals surface area contributed by atoms with Gasteiger partial charge in [-0.05, 0) is 12.3 Å². The van der Waals surface area contributed by atoms with Gasteiger partial charge in [-0.2, -0.15) is 0 Å². The SMILES string of the molecule is CC(C)CCCCCCCCCOP1OCC(C)(C)CO1. The number of rotatable bonds is 11. The lowest BCUT2D eigenvalue weighted by Gasteiger charge is -2.32. The second kappa shape index (κ2) is 10.9. The summed E-state index contributed by atoms with van der Waals surface area (Å²) in [6.07, 6.45) is 10.7. The maximum absolute atomic E-state index is 5.67. The number of hydrogen-bond donors (Lipinski definition) is 0. The van der Waals surface area contributed by atoms with Crippen molar-refractivity contribution < 1.29 is 13.6 Å². The van der Waals surface area contributed by atoms with Crippen LogP contribution in [0.3, 0.4) is 0 Å². The summed E-state index contributed by atoms with van der Waals surface area (Å²) in [6.45, 7) is 11.2. The Hall–Kier alpha value is 0.310. The molecule has 1 aliphatic rings. The Balaban J connectivity index is 1.81. The minimum atomic E-state index is -1.07. The number of unbranched alkanes of at least 4 members (excludes halogenated alkanes) is 6. The van der Waals surface area contributed by atoms with Crippen LogP contribution in [0.15, 0.2) is 0 Å². The summed E-state index contributed by atoms with van der Waals surface area (Å²) in [5, 5.41) is 0. The molecule has 126 valence electrons. The predicted molar refractivity (Wildman–Crippen MR) is 90.3 cm³/mol. The minimum Gasteiger partial charge on any atom is -0.312 e.